The van der Waals surface area contributed by atoms with Gasteiger partial charge in [-0.2, -0.15) is 0 Å². The minimum absolute atomic E-state index is 0.150. The number of hydrogen-bond donors (Lipinski definition) is 3. The average Bonchev–Trinajstić information content (AvgIpc) is 2.83. The number of nitrogens with one attached hydrogen (secondary N) is 2. The number of thiophene rings is 1. The van der Waals surface area contributed by atoms with Crippen molar-refractivity contribution in [3.8, 4) is 0 Å². The van der Waals surface area contributed by atoms with Gasteiger partial charge in [0.05, 0.1) is 5.56 Å². The molecule has 4 N–H and O–H groups in total. The monoisotopic (exact) mass is 313 g/mol. The SMILES string of the molecule is Cc1sc2ccccc2c1C(=O)NC(=N)C1=C(N)CCCC1. The lowest BCUT2D eigenvalue weighted by atomic mass is 9.95. The molecule has 0 spiro atoms. The summed E-state index contributed by atoms with van der Waals surface area (Å²) >= 11 is 1.60. The summed E-state index contributed by atoms with van der Waals surface area (Å²) in [6.45, 7) is 1.94. The van der Waals surface area contributed by atoms with Crippen molar-refractivity contribution in [2.45, 2.75) is 32.6 Å². The van der Waals surface area contributed by atoms with Gasteiger partial charge in [-0.1, -0.05) is 18.2 Å². The van der Waals surface area contributed by atoms with Gasteiger partial charge in [0.25, 0.3) is 5.91 Å². The minimum Gasteiger partial charge on any atom is -0.402 e. The molecule has 1 aliphatic rings. The average molecular weight is 313 g/mol. The van der Waals surface area contributed by atoms with Crippen LogP contribution in [0.15, 0.2) is 35.5 Å². The molecule has 3 rings (SSSR count). The molecule has 1 aliphatic carbocycles. The predicted molar refractivity (Wildman–Crippen MR) is 91.4 cm³/mol. The molecule has 4 nitrogen and oxygen atoms in total. The summed E-state index contributed by atoms with van der Waals surface area (Å²) in [5, 5.41) is 11.8. The first-order chi connectivity index (χ1) is 10.6. The predicted octanol–water partition coefficient (Wildman–Crippen LogP) is 3.70. The third-order valence-corrected chi connectivity index (χ3v) is 5.14. The maximum atomic E-state index is 12.6. The van der Waals surface area contributed by atoms with Crippen LogP contribution in [-0.2, 0) is 0 Å². The van der Waals surface area contributed by atoms with E-state index in [1.165, 1.54) is 0 Å². The molecule has 1 aromatic carbocycles. The zero-order valence-corrected chi connectivity index (χ0v) is 13.3. The van der Waals surface area contributed by atoms with E-state index >= 15 is 0 Å². The molecule has 0 unspecified atom stereocenters. The van der Waals surface area contributed by atoms with Gasteiger partial charge in [0.15, 0.2) is 0 Å². The van der Waals surface area contributed by atoms with E-state index in [1.807, 2.05) is 31.2 Å². The Morgan fingerprint density at radius 1 is 1.27 bits per heavy atom. The van der Waals surface area contributed by atoms with Crippen molar-refractivity contribution in [3.63, 3.8) is 0 Å². The number of aryl methyl sites for hydroxylation is 1. The second-order valence-corrected chi connectivity index (χ2v) is 6.83. The van der Waals surface area contributed by atoms with Crippen LogP contribution in [0.5, 0.6) is 0 Å². The van der Waals surface area contributed by atoms with Crippen molar-refractivity contribution in [2.75, 3.05) is 0 Å². The third-order valence-electron chi connectivity index (χ3n) is 4.05. The molecule has 1 aromatic heterocycles. The van der Waals surface area contributed by atoms with Crippen LogP contribution in [0.3, 0.4) is 0 Å². The molecule has 114 valence electrons. The zero-order chi connectivity index (χ0) is 15.7. The van der Waals surface area contributed by atoms with Gasteiger partial charge in [-0.25, -0.2) is 0 Å². The number of amidine groups is 1. The number of hydrogen-bond acceptors (Lipinski definition) is 4. The highest BCUT2D eigenvalue weighted by Gasteiger charge is 2.20. The van der Waals surface area contributed by atoms with Gasteiger partial charge in [-0.3, -0.25) is 10.2 Å². The number of rotatable bonds is 2. The molecule has 0 saturated carbocycles. The van der Waals surface area contributed by atoms with E-state index in [-0.39, 0.29) is 11.7 Å². The van der Waals surface area contributed by atoms with Crippen LogP contribution in [-0.4, -0.2) is 11.7 Å². The van der Waals surface area contributed by atoms with E-state index in [2.05, 4.69) is 5.32 Å². The first-order valence-electron chi connectivity index (χ1n) is 7.44. The Labute approximate surface area is 133 Å². The summed E-state index contributed by atoms with van der Waals surface area (Å²) in [5.41, 5.74) is 8.18. The Kier molecular flexibility index (Phi) is 3.98. The molecular formula is C17H19N3OS. The standard InChI is InChI=1S/C17H19N3OS/c1-10-15(12-7-3-5-9-14(12)22-10)17(21)20-16(19)11-6-2-4-8-13(11)18/h3,5,7,9H,2,4,6,8,18H2,1H3,(H2,19,20,21). The lowest BCUT2D eigenvalue weighted by molar-refractivity contribution is 0.0978. The van der Waals surface area contributed by atoms with Crippen LogP contribution >= 0.6 is 11.3 Å². The highest BCUT2D eigenvalue weighted by molar-refractivity contribution is 7.19. The summed E-state index contributed by atoms with van der Waals surface area (Å²) in [6.07, 6.45) is 3.67. The quantitative estimate of drug-likeness (QED) is 0.584. The van der Waals surface area contributed by atoms with E-state index in [0.717, 1.165) is 51.9 Å². The Hall–Kier alpha value is -2.14. The smallest absolute Gasteiger partial charge is 0.258 e. The van der Waals surface area contributed by atoms with Crippen LogP contribution in [0.25, 0.3) is 10.1 Å². The minimum atomic E-state index is -0.217. The number of fused-ring (bicyclic) bond motifs is 1. The Balaban J connectivity index is 1.88. The van der Waals surface area contributed by atoms with E-state index in [1.54, 1.807) is 11.3 Å². The van der Waals surface area contributed by atoms with E-state index in [9.17, 15) is 4.79 Å². The Bertz CT molecular complexity index is 788. The normalized spacial score (nSPS) is 15.1. The third kappa shape index (κ3) is 2.64. The summed E-state index contributed by atoms with van der Waals surface area (Å²) in [6, 6.07) is 7.86. The number of benzene rings is 1. The number of nitrogens with two attached hydrogens (primary N) is 1. The van der Waals surface area contributed by atoms with E-state index in [0.29, 0.717) is 5.56 Å². The van der Waals surface area contributed by atoms with Gasteiger partial charge in [-0.05, 0) is 38.7 Å². The molecular weight excluding hydrogens is 294 g/mol. The number of amides is 1. The first kappa shape index (κ1) is 14.8. The second kappa shape index (κ2) is 5.93. The van der Waals surface area contributed by atoms with Crippen molar-refractivity contribution < 1.29 is 4.79 Å². The first-order valence-corrected chi connectivity index (χ1v) is 8.25. The molecule has 5 heteroatoms. The zero-order valence-electron chi connectivity index (χ0n) is 12.5. The van der Waals surface area contributed by atoms with Gasteiger partial charge in [-0.15, -0.1) is 11.3 Å². The largest absolute Gasteiger partial charge is 0.402 e. The van der Waals surface area contributed by atoms with Crippen molar-refractivity contribution in [2.24, 2.45) is 5.73 Å². The molecule has 0 fully saturated rings. The van der Waals surface area contributed by atoms with Gasteiger partial charge >= 0.3 is 0 Å². The van der Waals surface area contributed by atoms with Crippen LogP contribution in [0.1, 0.15) is 40.9 Å². The Morgan fingerprint density at radius 2 is 2.00 bits per heavy atom. The highest BCUT2D eigenvalue weighted by Crippen LogP contribution is 2.30. The number of carbonyl (C=O) groups excluding carboxylic acids is 1. The Morgan fingerprint density at radius 3 is 2.77 bits per heavy atom. The van der Waals surface area contributed by atoms with E-state index < -0.39 is 0 Å². The van der Waals surface area contributed by atoms with Crippen molar-refractivity contribution in [1.82, 2.24) is 5.32 Å². The van der Waals surface area contributed by atoms with E-state index in [4.69, 9.17) is 11.1 Å². The molecule has 0 atom stereocenters. The molecule has 1 amide bonds. The summed E-state index contributed by atoms with van der Waals surface area (Å²) in [4.78, 5) is 13.6. The van der Waals surface area contributed by atoms with Gasteiger partial charge in [0, 0.05) is 26.2 Å². The highest BCUT2D eigenvalue weighted by atomic mass is 32.1. The van der Waals surface area contributed by atoms with Crippen molar-refractivity contribution in [1.29, 1.82) is 5.41 Å². The molecule has 22 heavy (non-hydrogen) atoms. The van der Waals surface area contributed by atoms with Crippen molar-refractivity contribution in [3.05, 3.63) is 46.0 Å². The molecule has 0 radical (unpaired) electrons. The van der Waals surface area contributed by atoms with Crippen LogP contribution in [0.4, 0.5) is 0 Å². The summed E-state index contributed by atoms with van der Waals surface area (Å²) < 4.78 is 1.09. The lowest BCUT2D eigenvalue weighted by Crippen LogP contribution is -2.33. The fraction of sp³-hybridized carbons (Fsp3) is 0.294. The molecule has 0 bridgehead atoms. The molecule has 0 aliphatic heterocycles. The fourth-order valence-electron chi connectivity index (χ4n) is 2.92. The number of carbonyl (C=O) groups is 1. The molecule has 1 heterocycles. The summed E-state index contributed by atoms with van der Waals surface area (Å²) in [5.74, 6) is -0.0669. The maximum absolute atomic E-state index is 12.6. The topological polar surface area (TPSA) is 79.0 Å². The number of allylic oxidation sites excluding steroid dienone is 1. The van der Waals surface area contributed by atoms with Gasteiger partial charge in [0.2, 0.25) is 0 Å². The van der Waals surface area contributed by atoms with Crippen LogP contribution < -0.4 is 11.1 Å². The van der Waals surface area contributed by atoms with Gasteiger partial charge in [0.1, 0.15) is 5.84 Å². The van der Waals surface area contributed by atoms with Crippen LogP contribution in [0, 0.1) is 12.3 Å². The maximum Gasteiger partial charge on any atom is 0.258 e. The molecule has 2 aromatic rings. The second-order valence-electron chi connectivity index (χ2n) is 5.57. The van der Waals surface area contributed by atoms with Gasteiger partial charge < -0.3 is 11.1 Å². The van der Waals surface area contributed by atoms with Crippen molar-refractivity contribution >= 4 is 33.2 Å². The lowest BCUT2D eigenvalue weighted by Gasteiger charge is -2.18. The van der Waals surface area contributed by atoms with Crippen LogP contribution in [0.2, 0.25) is 0 Å². The summed E-state index contributed by atoms with van der Waals surface area (Å²) in [7, 11) is 0. The molecule has 0 saturated heterocycles. The fourth-order valence-corrected chi connectivity index (χ4v) is 3.98.